The molecular formula is C22H34N2O6. The number of hydrogen-bond donors (Lipinski definition) is 4. The molecule has 0 aromatic heterocycles. The zero-order chi connectivity index (χ0) is 21.7. The molecule has 2 amide bonds. The third kappa shape index (κ3) is 5.32. The molecule has 0 aromatic carbocycles. The van der Waals surface area contributed by atoms with Gasteiger partial charge in [-0.1, -0.05) is 38.5 Å². The van der Waals surface area contributed by atoms with Gasteiger partial charge in [0.15, 0.2) is 0 Å². The lowest BCUT2D eigenvalue weighted by Crippen LogP contribution is -2.56. The van der Waals surface area contributed by atoms with Gasteiger partial charge in [0, 0.05) is 12.1 Å². The third-order valence-electron chi connectivity index (χ3n) is 7.26. The van der Waals surface area contributed by atoms with Gasteiger partial charge in [-0.05, 0) is 38.5 Å². The van der Waals surface area contributed by atoms with Gasteiger partial charge in [0.25, 0.3) is 0 Å². The molecular weight excluding hydrogens is 388 g/mol. The quantitative estimate of drug-likeness (QED) is 0.519. The van der Waals surface area contributed by atoms with E-state index in [2.05, 4.69) is 10.6 Å². The van der Waals surface area contributed by atoms with Crippen molar-refractivity contribution in [2.75, 3.05) is 0 Å². The Morgan fingerprint density at radius 1 is 0.500 bits per heavy atom. The van der Waals surface area contributed by atoms with Crippen LogP contribution in [0.5, 0.6) is 0 Å². The van der Waals surface area contributed by atoms with Crippen LogP contribution in [0.15, 0.2) is 0 Å². The highest BCUT2D eigenvalue weighted by Crippen LogP contribution is 2.32. The van der Waals surface area contributed by atoms with Crippen molar-refractivity contribution in [3.8, 4) is 0 Å². The van der Waals surface area contributed by atoms with Crippen molar-refractivity contribution in [3.05, 3.63) is 0 Å². The van der Waals surface area contributed by atoms with Crippen LogP contribution in [0, 0.1) is 23.7 Å². The molecule has 0 radical (unpaired) electrons. The second-order valence-electron chi connectivity index (χ2n) is 9.19. The van der Waals surface area contributed by atoms with Gasteiger partial charge in [-0.25, -0.2) is 0 Å². The van der Waals surface area contributed by atoms with E-state index < -0.39 is 35.6 Å². The van der Waals surface area contributed by atoms with Gasteiger partial charge in [-0.3, -0.25) is 19.2 Å². The van der Waals surface area contributed by atoms with Gasteiger partial charge in [-0.2, -0.15) is 0 Å². The Hall–Kier alpha value is -2.12. The fourth-order valence-corrected chi connectivity index (χ4v) is 5.54. The predicted molar refractivity (Wildman–Crippen MR) is 108 cm³/mol. The maximum absolute atomic E-state index is 12.9. The first-order chi connectivity index (χ1) is 14.4. The minimum absolute atomic E-state index is 0.227. The van der Waals surface area contributed by atoms with Gasteiger partial charge in [0.2, 0.25) is 11.8 Å². The lowest BCUT2D eigenvalue weighted by molar-refractivity contribution is -0.149. The average Bonchev–Trinajstić information content (AvgIpc) is 2.75. The van der Waals surface area contributed by atoms with Crippen molar-refractivity contribution in [3.63, 3.8) is 0 Å². The molecule has 3 aliphatic carbocycles. The smallest absolute Gasteiger partial charge is 0.307 e. The van der Waals surface area contributed by atoms with E-state index in [1.807, 2.05) is 0 Å². The van der Waals surface area contributed by atoms with Crippen molar-refractivity contribution in [2.24, 2.45) is 23.7 Å². The maximum Gasteiger partial charge on any atom is 0.307 e. The summed E-state index contributed by atoms with van der Waals surface area (Å²) >= 11 is 0. The summed E-state index contributed by atoms with van der Waals surface area (Å²) in [5.41, 5.74) is 0. The molecule has 0 spiro atoms. The van der Waals surface area contributed by atoms with Crippen LogP contribution < -0.4 is 10.6 Å². The third-order valence-corrected chi connectivity index (χ3v) is 7.26. The Bertz CT molecular complexity index is 610. The Morgan fingerprint density at radius 3 is 1.13 bits per heavy atom. The van der Waals surface area contributed by atoms with E-state index in [0.717, 1.165) is 51.4 Å². The number of carboxylic acid groups (broad SMARTS) is 2. The van der Waals surface area contributed by atoms with Crippen molar-refractivity contribution in [1.29, 1.82) is 0 Å². The lowest BCUT2D eigenvalue weighted by Gasteiger charge is -2.37. The van der Waals surface area contributed by atoms with E-state index in [4.69, 9.17) is 0 Å². The summed E-state index contributed by atoms with van der Waals surface area (Å²) < 4.78 is 0. The molecule has 30 heavy (non-hydrogen) atoms. The van der Waals surface area contributed by atoms with E-state index >= 15 is 0 Å². The number of hydrogen-bond acceptors (Lipinski definition) is 4. The van der Waals surface area contributed by atoms with Crippen LogP contribution in [-0.2, 0) is 19.2 Å². The van der Waals surface area contributed by atoms with Crippen LogP contribution in [0.25, 0.3) is 0 Å². The molecule has 8 nitrogen and oxygen atoms in total. The zero-order valence-corrected chi connectivity index (χ0v) is 17.5. The van der Waals surface area contributed by atoms with Crippen LogP contribution >= 0.6 is 0 Å². The minimum Gasteiger partial charge on any atom is -0.481 e. The molecule has 0 bridgehead atoms. The topological polar surface area (TPSA) is 133 Å². The second kappa shape index (κ2) is 10.3. The van der Waals surface area contributed by atoms with Crippen LogP contribution in [0.2, 0.25) is 0 Å². The molecule has 4 unspecified atom stereocenters. The molecule has 3 fully saturated rings. The molecule has 0 aromatic rings. The van der Waals surface area contributed by atoms with Gasteiger partial charge in [0.1, 0.15) is 0 Å². The van der Waals surface area contributed by atoms with Gasteiger partial charge < -0.3 is 20.8 Å². The largest absolute Gasteiger partial charge is 0.481 e. The Kier molecular flexibility index (Phi) is 7.72. The number of carboxylic acids is 2. The van der Waals surface area contributed by atoms with E-state index in [-0.39, 0.29) is 23.9 Å². The zero-order valence-electron chi connectivity index (χ0n) is 17.5. The normalized spacial score (nSPS) is 34.5. The van der Waals surface area contributed by atoms with Gasteiger partial charge in [-0.15, -0.1) is 0 Å². The molecule has 6 atom stereocenters. The van der Waals surface area contributed by atoms with Crippen molar-refractivity contribution < 1.29 is 29.4 Å². The molecule has 4 N–H and O–H groups in total. The van der Waals surface area contributed by atoms with Crippen LogP contribution in [0.1, 0.15) is 77.0 Å². The van der Waals surface area contributed by atoms with Crippen molar-refractivity contribution in [2.45, 2.75) is 89.1 Å². The first kappa shape index (κ1) is 22.6. The lowest BCUT2D eigenvalue weighted by atomic mass is 9.77. The first-order valence-electron chi connectivity index (χ1n) is 11.4. The van der Waals surface area contributed by atoms with Gasteiger partial charge >= 0.3 is 11.9 Å². The highest BCUT2D eigenvalue weighted by atomic mass is 16.4. The van der Waals surface area contributed by atoms with E-state index in [1.54, 1.807) is 0 Å². The van der Waals surface area contributed by atoms with Crippen LogP contribution in [0.3, 0.4) is 0 Å². The summed E-state index contributed by atoms with van der Waals surface area (Å²) in [7, 11) is 0. The van der Waals surface area contributed by atoms with Crippen LogP contribution in [0.4, 0.5) is 0 Å². The van der Waals surface area contributed by atoms with E-state index in [1.165, 1.54) is 0 Å². The molecule has 3 saturated carbocycles. The summed E-state index contributed by atoms with van der Waals surface area (Å²) in [6.07, 6.45) is 8.90. The number of aliphatic carboxylic acids is 2. The fourth-order valence-electron chi connectivity index (χ4n) is 5.54. The number of amides is 2. The summed E-state index contributed by atoms with van der Waals surface area (Å²) in [5, 5.41) is 25.0. The van der Waals surface area contributed by atoms with Gasteiger partial charge in [0.05, 0.1) is 23.7 Å². The van der Waals surface area contributed by atoms with E-state index in [0.29, 0.717) is 25.7 Å². The first-order valence-corrected chi connectivity index (χ1v) is 11.4. The Balaban J connectivity index is 1.63. The Morgan fingerprint density at radius 2 is 0.800 bits per heavy atom. The van der Waals surface area contributed by atoms with Crippen LogP contribution in [-0.4, -0.2) is 46.0 Å². The highest BCUT2D eigenvalue weighted by Gasteiger charge is 2.40. The van der Waals surface area contributed by atoms with Crippen molar-refractivity contribution in [1.82, 2.24) is 10.6 Å². The second-order valence-corrected chi connectivity index (χ2v) is 9.19. The number of carbonyl (C=O) groups is 4. The SMILES string of the molecule is O=C(NC1CCCCC1NC(=O)C1CCCC[C@H]1C(=O)O)C1CCCC[C@@H]1C(=O)O. The Labute approximate surface area is 177 Å². The summed E-state index contributed by atoms with van der Waals surface area (Å²) in [6, 6.07) is -0.475. The highest BCUT2D eigenvalue weighted by molar-refractivity contribution is 5.86. The summed E-state index contributed by atoms with van der Waals surface area (Å²) in [5.74, 6) is -4.62. The molecule has 3 aliphatic rings. The molecule has 0 aliphatic heterocycles. The molecule has 3 rings (SSSR count). The minimum atomic E-state index is -0.916. The molecule has 8 heteroatoms. The number of carbonyl (C=O) groups excluding carboxylic acids is 2. The summed E-state index contributed by atoms with van der Waals surface area (Å²) in [6.45, 7) is 0. The fraction of sp³-hybridized carbons (Fsp3) is 0.818. The van der Waals surface area contributed by atoms with Crippen molar-refractivity contribution >= 4 is 23.8 Å². The standard InChI is InChI=1S/C22H34N2O6/c25-19(13-7-1-3-9-15(13)21(27)28)23-17-11-5-6-12-18(17)24-20(26)14-8-2-4-10-16(14)22(29)30/h13-18H,1-12H2,(H,23,25)(H,24,26)(H,27,28)(H,29,30)/t13?,14?,15-,16+,17?,18?. The summed E-state index contributed by atoms with van der Waals surface area (Å²) in [4.78, 5) is 48.9. The molecule has 0 saturated heterocycles. The molecule has 0 heterocycles. The monoisotopic (exact) mass is 422 g/mol. The number of rotatable bonds is 6. The molecule has 168 valence electrons. The predicted octanol–water partition coefficient (Wildman–Crippen LogP) is 2.31. The maximum atomic E-state index is 12.9. The average molecular weight is 423 g/mol. The van der Waals surface area contributed by atoms with E-state index in [9.17, 15) is 29.4 Å². The number of nitrogens with one attached hydrogen (secondary N) is 2.